The van der Waals surface area contributed by atoms with E-state index < -0.39 is 0 Å². The number of anilines is 1. The number of rotatable bonds is 5. The van der Waals surface area contributed by atoms with Gasteiger partial charge >= 0.3 is 0 Å². The zero-order chi connectivity index (χ0) is 16.2. The summed E-state index contributed by atoms with van der Waals surface area (Å²) >= 11 is 2.80. The van der Waals surface area contributed by atoms with Crippen molar-refractivity contribution >= 4 is 34.7 Å². The summed E-state index contributed by atoms with van der Waals surface area (Å²) in [5.41, 5.74) is 0.856. The van der Waals surface area contributed by atoms with Gasteiger partial charge in [0, 0.05) is 12.7 Å². The first-order chi connectivity index (χ1) is 11.1. The Hall–Kier alpha value is -2.12. The van der Waals surface area contributed by atoms with E-state index in [1.807, 2.05) is 54.8 Å². The molecule has 0 spiro atoms. The van der Waals surface area contributed by atoms with Gasteiger partial charge in [-0.25, -0.2) is 0 Å². The largest absolute Gasteiger partial charge is 0.410 e. The summed E-state index contributed by atoms with van der Waals surface area (Å²) in [6, 6.07) is 13.4. The highest BCUT2D eigenvalue weighted by Crippen LogP contribution is 2.29. The molecule has 5 nitrogen and oxygen atoms in total. The van der Waals surface area contributed by atoms with E-state index in [9.17, 15) is 4.79 Å². The summed E-state index contributed by atoms with van der Waals surface area (Å²) in [5, 5.41) is 10.1. The second kappa shape index (κ2) is 6.97. The van der Waals surface area contributed by atoms with Crippen LogP contribution in [-0.4, -0.2) is 28.4 Å². The zero-order valence-electron chi connectivity index (χ0n) is 12.7. The van der Waals surface area contributed by atoms with E-state index in [-0.39, 0.29) is 11.2 Å². The number of benzene rings is 1. The first-order valence-corrected chi connectivity index (χ1v) is 8.78. The fourth-order valence-electron chi connectivity index (χ4n) is 2.01. The number of amides is 1. The number of hydrogen-bond acceptors (Lipinski definition) is 6. The van der Waals surface area contributed by atoms with Crippen LogP contribution >= 0.6 is 23.1 Å². The van der Waals surface area contributed by atoms with Gasteiger partial charge in [0.15, 0.2) is 0 Å². The monoisotopic (exact) mass is 345 g/mol. The maximum Gasteiger partial charge on any atom is 0.277 e. The Morgan fingerprint density at radius 2 is 2.00 bits per heavy atom. The summed E-state index contributed by atoms with van der Waals surface area (Å²) in [6.07, 6.45) is 0. The van der Waals surface area contributed by atoms with Gasteiger partial charge in [0.1, 0.15) is 0 Å². The molecule has 7 heteroatoms. The quantitative estimate of drug-likeness (QED) is 0.656. The van der Waals surface area contributed by atoms with Gasteiger partial charge in [-0.2, -0.15) is 0 Å². The minimum Gasteiger partial charge on any atom is -0.410 e. The zero-order valence-corrected chi connectivity index (χ0v) is 14.3. The van der Waals surface area contributed by atoms with E-state index in [1.165, 1.54) is 23.1 Å². The van der Waals surface area contributed by atoms with Gasteiger partial charge in [-0.15, -0.1) is 21.5 Å². The van der Waals surface area contributed by atoms with Gasteiger partial charge in [0.05, 0.1) is 10.1 Å². The van der Waals surface area contributed by atoms with Crippen molar-refractivity contribution in [2.45, 2.75) is 17.4 Å². The van der Waals surface area contributed by atoms with Gasteiger partial charge in [-0.05, 0) is 30.5 Å². The van der Waals surface area contributed by atoms with E-state index in [0.29, 0.717) is 11.1 Å². The van der Waals surface area contributed by atoms with Crippen LogP contribution in [-0.2, 0) is 4.79 Å². The van der Waals surface area contributed by atoms with Crippen LogP contribution in [0.5, 0.6) is 0 Å². The Labute approximate surface area is 142 Å². The van der Waals surface area contributed by atoms with E-state index in [1.54, 1.807) is 11.9 Å². The molecule has 0 N–H and O–H groups in total. The second-order valence-electron chi connectivity index (χ2n) is 4.84. The average molecular weight is 345 g/mol. The van der Waals surface area contributed by atoms with Crippen molar-refractivity contribution in [1.29, 1.82) is 0 Å². The first kappa shape index (κ1) is 15.8. The van der Waals surface area contributed by atoms with Crippen molar-refractivity contribution in [2.75, 3.05) is 11.9 Å². The molecule has 0 fully saturated rings. The maximum atomic E-state index is 12.5. The van der Waals surface area contributed by atoms with E-state index >= 15 is 0 Å². The molecule has 0 aliphatic carbocycles. The fraction of sp³-hybridized carbons (Fsp3) is 0.188. The van der Waals surface area contributed by atoms with Crippen molar-refractivity contribution in [3.05, 3.63) is 47.8 Å². The number of carbonyl (C=O) groups excluding carboxylic acids is 1. The SMILES string of the molecule is C[C@@H](Sc1nnc(-c2cccs2)o1)C(=O)N(C)c1ccccc1. The van der Waals surface area contributed by atoms with Crippen LogP contribution in [0.15, 0.2) is 57.5 Å². The highest BCUT2D eigenvalue weighted by Gasteiger charge is 2.22. The molecule has 118 valence electrons. The molecule has 3 aromatic rings. The Morgan fingerprint density at radius 1 is 1.22 bits per heavy atom. The van der Waals surface area contributed by atoms with Gasteiger partial charge in [0.2, 0.25) is 5.91 Å². The summed E-state index contributed by atoms with van der Waals surface area (Å²) in [7, 11) is 1.76. The van der Waals surface area contributed by atoms with Crippen molar-refractivity contribution in [3.8, 4) is 10.8 Å². The lowest BCUT2D eigenvalue weighted by atomic mass is 10.3. The molecule has 3 rings (SSSR count). The normalized spacial score (nSPS) is 12.1. The molecule has 2 aromatic heterocycles. The van der Waals surface area contributed by atoms with Crippen LogP contribution in [0, 0.1) is 0 Å². The number of nitrogens with zero attached hydrogens (tertiary/aromatic N) is 3. The Balaban J connectivity index is 1.67. The van der Waals surface area contributed by atoms with Gasteiger partial charge < -0.3 is 9.32 Å². The molecular weight excluding hydrogens is 330 g/mol. The molecule has 1 aromatic carbocycles. The molecule has 23 heavy (non-hydrogen) atoms. The van der Waals surface area contributed by atoms with Gasteiger partial charge in [-0.1, -0.05) is 36.0 Å². The first-order valence-electron chi connectivity index (χ1n) is 7.02. The molecule has 0 saturated carbocycles. The minimum atomic E-state index is -0.322. The van der Waals surface area contributed by atoms with Crippen molar-refractivity contribution in [2.24, 2.45) is 0 Å². The Kier molecular flexibility index (Phi) is 4.78. The Bertz CT molecular complexity index is 772. The smallest absolute Gasteiger partial charge is 0.277 e. The number of aromatic nitrogens is 2. The third-order valence-electron chi connectivity index (χ3n) is 3.24. The van der Waals surface area contributed by atoms with Crippen LogP contribution in [0.25, 0.3) is 10.8 Å². The summed E-state index contributed by atoms with van der Waals surface area (Å²) in [6.45, 7) is 1.83. The fourth-order valence-corrected chi connectivity index (χ4v) is 3.43. The Morgan fingerprint density at radius 3 is 2.70 bits per heavy atom. The molecule has 1 amide bonds. The number of carbonyl (C=O) groups is 1. The van der Waals surface area contributed by atoms with Crippen LogP contribution in [0.3, 0.4) is 0 Å². The average Bonchev–Trinajstić information content (AvgIpc) is 3.25. The van der Waals surface area contributed by atoms with Crippen LogP contribution in [0.2, 0.25) is 0 Å². The van der Waals surface area contributed by atoms with Crippen molar-refractivity contribution in [3.63, 3.8) is 0 Å². The lowest BCUT2D eigenvalue weighted by molar-refractivity contribution is -0.117. The summed E-state index contributed by atoms with van der Waals surface area (Å²) in [4.78, 5) is 15.1. The number of hydrogen-bond donors (Lipinski definition) is 0. The van der Waals surface area contributed by atoms with Crippen LogP contribution < -0.4 is 4.90 Å². The molecule has 1 atom stereocenters. The molecule has 0 aliphatic heterocycles. The van der Waals surface area contributed by atoms with Gasteiger partial charge in [-0.3, -0.25) is 4.79 Å². The summed E-state index contributed by atoms with van der Waals surface area (Å²) < 4.78 is 5.61. The molecule has 0 aliphatic rings. The predicted molar refractivity (Wildman–Crippen MR) is 92.8 cm³/mol. The topological polar surface area (TPSA) is 59.2 Å². The summed E-state index contributed by atoms with van der Waals surface area (Å²) in [5.74, 6) is 0.468. The third-order valence-corrected chi connectivity index (χ3v) is 5.02. The van der Waals surface area contributed by atoms with E-state index in [2.05, 4.69) is 10.2 Å². The molecule has 0 bridgehead atoms. The third kappa shape index (κ3) is 3.62. The van der Waals surface area contributed by atoms with Crippen molar-refractivity contribution in [1.82, 2.24) is 10.2 Å². The van der Waals surface area contributed by atoms with Crippen LogP contribution in [0.4, 0.5) is 5.69 Å². The van der Waals surface area contributed by atoms with Crippen LogP contribution in [0.1, 0.15) is 6.92 Å². The molecular formula is C16H15N3O2S2. The highest BCUT2D eigenvalue weighted by atomic mass is 32.2. The standard InChI is InChI=1S/C16H15N3O2S2/c1-11(15(20)19(2)12-7-4-3-5-8-12)23-16-18-17-14(21-16)13-9-6-10-22-13/h3-11H,1-2H3/t11-/m1/s1. The second-order valence-corrected chi connectivity index (χ2v) is 7.08. The maximum absolute atomic E-state index is 12.5. The molecule has 0 radical (unpaired) electrons. The molecule has 0 unspecified atom stereocenters. The predicted octanol–water partition coefficient (Wildman–Crippen LogP) is 3.94. The van der Waals surface area contributed by atoms with E-state index in [4.69, 9.17) is 4.42 Å². The lowest BCUT2D eigenvalue weighted by Gasteiger charge is -2.20. The van der Waals surface area contributed by atoms with Gasteiger partial charge in [0.25, 0.3) is 11.1 Å². The minimum absolute atomic E-state index is 0.0166. The molecule has 0 saturated heterocycles. The van der Waals surface area contributed by atoms with Crippen molar-refractivity contribution < 1.29 is 9.21 Å². The number of para-hydroxylation sites is 1. The number of thiophene rings is 1. The lowest BCUT2D eigenvalue weighted by Crippen LogP contribution is -2.33. The van der Waals surface area contributed by atoms with E-state index in [0.717, 1.165) is 10.6 Å². The number of thioether (sulfide) groups is 1. The highest BCUT2D eigenvalue weighted by molar-refractivity contribution is 8.00. The molecule has 2 heterocycles.